The first kappa shape index (κ1) is 9.62. The maximum absolute atomic E-state index is 10.9. The Balaban J connectivity index is 4.25. The second-order valence-electron chi connectivity index (χ2n) is 2.01. The van der Waals surface area contributed by atoms with E-state index in [4.69, 9.17) is 5.11 Å². The maximum Gasteiger partial charge on any atom is 0.317 e. The molecule has 0 spiro atoms. The Labute approximate surface area is 65.0 Å². The highest BCUT2D eigenvalue weighted by Crippen LogP contribution is 2.03. The summed E-state index contributed by atoms with van der Waals surface area (Å²) < 4.78 is 0. The Morgan fingerprint density at radius 1 is 1.45 bits per heavy atom. The van der Waals surface area contributed by atoms with Crippen molar-refractivity contribution in [1.29, 1.82) is 0 Å². The Morgan fingerprint density at radius 2 is 2.00 bits per heavy atom. The van der Waals surface area contributed by atoms with Gasteiger partial charge in [0.25, 0.3) is 0 Å². The molecule has 0 radical (unpaired) electrons. The van der Waals surface area contributed by atoms with Gasteiger partial charge in [0.1, 0.15) is 5.92 Å². The number of carboxylic acid groups (broad SMARTS) is 1. The van der Waals surface area contributed by atoms with Crippen LogP contribution < -0.4 is 0 Å². The van der Waals surface area contributed by atoms with E-state index in [1.807, 2.05) is 0 Å². The van der Waals surface area contributed by atoms with Gasteiger partial charge in [-0.3, -0.25) is 9.59 Å². The fourth-order valence-electron chi connectivity index (χ4n) is 0.639. The van der Waals surface area contributed by atoms with Crippen LogP contribution in [-0.2, 0) is 9.59 Å². The summed E-state index contributed by atoms with van der Waals surface area (Å²) in [6.07, 6.45) is 2.57. The quantitative estimate of drug-likeness (QED) is 0.475. The van der Waals surface area contributed by atoms with E-state index in [1.165, 1.54) is 6.08 Å². The molecule has 0 amide bonds. The number of allylic oxidation sites excluding steroid dienone is 1. The number of carbonyl (C=O) groups is 2. The van der Waals surface area contributed by atoms with E-state index in [-0.39, 0.29) is 12.2 Å². The van der Waals surface area contributed by atoms with E-state index >= 15 is 0 Å². The minimum atomic E-state index is -1.16. The number of aliphatic carboxylic acids is 1. The molecule has 60 valence electrons. The second-order valence-corrected chi connectivity index (χ2v) is 2.01. The first-order valence-corrected chi connectivity index (χ1v) is 3.12. The molecule has 11 heavy (non-hydrogen) atoms. The summed E-state index contributed by atoms with van der Waals surface area (Å²) in [4.78, 5) is 21.2. The van der Waals surface area contributed by atoms with Crippen LogP contribution in [0.15, 0.2) is 25.3 Å². The number of hydrogen-bond acceptors (Lipinski definition) is 2. The zero-order chi connectivity index (χ0) is 8.85. The van der Waals surface area contributed by atoms with E-state index in [2.05, 4.69) is 13.2 Å². The number of rotatable bonds is 5. The van der Waals surface area contributed by atoms with Gasteiger partial charge in [0.2, 0.25) is 0 Å². The molecule has 1 unspecified atom stereocenters. The van der Waals surface area contributed by atoms with Crippen LogP contribution in [0.25, 0.3) is 0 Å². The Bertz CT molecular complexity index is 194. The molecule has 0 fully saturated rings. The van der Waals surface area contributed by atoms with Gasteiger partial charge in [-0.05, 0) is 0 Å². The first-order valence-electron chi connectivity index (χ1n) is 3.12. The van der Waals surface area contributed by atoms with Gasteiger partial charge in [0.05, 0.1) is 0 Å². The van der Waals surface area contributed by atoms with Gasteiger partial charge >= 0.3 is 5.97 Å². The summed E-state index contributed by atoms with van der Waals surface area (Å²) in [6.45, 7) is 6.58. The molecule has 0 aromatic rings. The lowest BCUT2D eigenvalue weighted by molar-refractivity contribution is -0.143. The Hall–Kier alpha value is -1.38. The van der Waals surface area contributed by atoms with Crippen molar-refractivity contribution in [3.63, 3.8) is 0 Å². The van der Waals surface area contributed by atoms with Crippen LogP contribution in [-0.4, -0.2) is 16.9 Å². The highest BCUT2D eigenvalue weighted by Gasteiger charge is 2.20. The van der Waals surface area contributed by atoms with Crippen molar-refractivity contribution in [2.45, 2.75) is 6.42 Å². The predicted octanol–water partition coefficient (Wildman–Crippen LogP) is 1.02. The summed E-state index contributed by atoms with van der Waals surface area (Å²) in [5.41, 5.74) is 0. The van der Waals surface area contributed by atoms with Crippen LogP contribution in [0.3, 0.4) is 0 Å². The van der Waals surface area contributed by atoms with Crippen molar-refractivity contribution in [1.82, 2.24) is 0 Å². The average molecular weight is 154 g/mol. The predicted molar refractivity (Wildman–Crippen MR) is 41.1 cm³/mol. The molecule has 0 saturated carbocycles. The molecule has 0 aromatic heterocycles. The zero-order valence-corrected chi connectivity index (χ0v) is 6.12. The highest BCUT2D eigenvalue weighted by molar-refractivity contribution is 6.00. The van der Waals surface area contributed by atoms with Gasteiger partial charge in [0.15, 0.2) is 5.78 Å². The number of Topliss-reactive ketones (excluding diaryl/α,β-unsaturated/α-hetero) is 1. The number of carbonyl (C=O) groups excluding carboxylic acids is 1. The van der Waals surface area contributed by atoms with Gasteiger partial charge in [-0.1, -0.05) is 12.2 Å². The van der Waals surface area contributed by atoms with Crippen molar-refractivity contribution in [3.8, 4) is 0 Å². The van der Waals surface area contributed by atoms with E-state index in [1.54, 1.807) is 0 Å². The van der Waals surface area contributed by atoms with Crippen LogP contribution >= 0.6 is 0 Å². The molecule has 0 aromatic carbocycles. The van der Waals surface area contributed by atoms with Gasteiger partial charge in [-0.25, -0.2) is 0 Å². The molecule has 0 heterocycles. The van der Waals surface area contributed by atoms with Gasteiger partial charge in [0, 0.05) is 6.42 Å². The molecule has 0 rings (SSSR count). The molecule has 0 aliphatic heterocycles. The van der Waals surface area contributed by atoms with Crippen LogP contribution in [0.5, 0.6) is 0 Å². The molecule has 0 aliphatic carbocycles. The lowest BCUT2D eigenvalue weighted by Gasteiger charge is -2.02. The third-order valence-corrected chi connectivity index (χ3v) is 1.19. The number of hydrogen-bond donors (Lipinski definition) is 1. The van der Waals surface area contributed by atoms with Crippen LogP contribution in [0.2, 0.25) is 0 Å². The SMILES string of the molecule is C=CCC(=O)C(C=C)C(=O)O. The molecule has 0 aliphatic rings. The van der Waals surface area contributed by atoms with Crippen molar-refractivity contribution in [3.05, 3.63) is 25.3 Å². The van der Waals surface area contributed by atoms with Crippen molar-refractivity contribution in [2.75, 3.05) is 0 Å². The minimum Gasteiger partial charge on any atom is -0.480 e. The molecular formula is C8H10O3. The summed E-state index contributed by atoms with van der Waals surface area (Å²) in [5.74, 6) is -2.64. The fourth-order valence-corrected chi connectivity index (χ4v) is 0.639. The minimum absolute atomic E-state index is 0.0724. The van der Waals surface area contributed by atoms with E-state index in [0.717, 1.165) is 6.08 Å². The van der Waals surface area contributed by atoms with Crippen LogP contribution in [0, 0.1) is 5.92 Å². The summed E-state index contributed by atoms with van der Waals surface area (Å²) in [7, 11) is 0. The largest absolute Gasteiger partial charge is 0.480 e. The third-order valence-electron chi connectivity index (χ3n) is 1.19. The molecule has 3 heteroatoms. The van der Waals surface area contributed by atoms with E-state index in [9.17, 15) is 9.59 Å². The second kappa shape index (κ2) is 4.44. The standard InChI is InChI=1S/C8H10O3/c1-3-5-7(9)6(4-2)8(10)11/h3-4,6H,1-2,5H2,(H,10,11). The van der Waals surface area contributed by atoms with Gasteiger partial charge in [-0.2, -0.15) is 0 Å². The lowest BCUT2D eigenvalue weighted by Crippen LogP contribution is -2.20. The first-order chi connectivity index (χ1) is 5.13. The van der Waals surface area contributed by atoms with Crippen LogP contribution in [0.4, 0.5) is 0 Å². The Morgan fingerprint density at radius 3 is 2.27 bits per heavy atom. The molecule has 0 bridgehead atoms. The third kappa shape index (κ3) is 2.80. The van der Waals surface area contributed by atoms with E-state index < -0.39 is 11.9 Å². The van der Waals surface area contributed by atoms with Gasteiger partial charge < -0.3 is 5.11 Å². The van der Waals surface area contributed by atoms with Gasteiger partial charge in [-0.15, -0.1) is 13.2 Å². The maximum atomic E-state index is 10.9. The fraction of sp³-hybridized carbons (Fsp3) is 0.250. The number of ketones is 1. The van der Waals surface area contributed by atoms with E-state index in [0.29, 0.717) is 0 Å². The van der Waals surface area contributed by atoms with Crippen molar-refractivity contribution in [2.24, 2.45) is 5.92 Å². The highest BCUT2D eigenvalue weighted by atomic mass is 16.4. The van der Waals surface area contributed by atoms with Crippen molar-refractivity contribution >= 4 is 11.8 Å². The molecule has 1 N–H and O–H groups in total. The lowest BCUT2D eigenvalue weighted by atomic mass is 10.0. The summed E-state index contributed by atoms with van der Waals surface area (Å²) in [6, 6.07) is 0. The molecule has 3 nitrogen and oxygen atoms in total. The molecule has 0 saturated heterocycles. The zero-order valence-electron chi connectivity index (χ0n) is 6.12. The monoisotopic (exact) mass is 154 g/mol. The Kier molecular flexibility index (Phi) is 3.88. The molecular weight excluding hydrogens is 144 g/mol. The summed E-state index contributed by atoms with van der Waals surface area (Å²) >= 11 is 0. The molecule has 1 atom stereocenters. The number of carboxylic acids is 1. The topological polar surface area (TPSA) is 54.4 Å². The normalized spacial score (nSPS) is 11.6. The van der Waals surface area contributed by atoms with Crippen molar-refractivity contribution < 1.29 is 14.7 Å². The smallest absolute Gasteiger partial charge is 0.317 e. The van der Waals surface area contributed by atoms with Crippen LogP contribution in [0.1, 0.15) is 6.42 Å². The average Bonchev–Trinajstić information content (AvgIpc) is 1.88. The summed E-state index contributed by atoms with van der Waals surface area (Å²) in [5, 5.41) is 8.44.